The van der Waals surface area contributed by atoms with Crippen molar-refractivity contribution in [2.75, 3.05) is 18.5 Å². The highest BCUT2D eigenvalue weighted by Crippen LogP contribution is 2.26. The highest BCUT2D eigenvalue weighted by atomic mass is 16.7. The summed E-state index contributed by atoms with van der Waals surface area (Å²) in [5.41, 5.74) is 7.10. The molecular formula is C14H21N3O2. The average molecular weight is 263 g/mol. The topological polar surface area (TPSA) is 69.4 Å². The van der Waals surface area contributed by atoms with Crippen molar-refractivity contribution < 1.29 is 9.47 Å². The first-order valence-corrected chi connectivity index (χ1v) is 7.04. The number of pyridine rings is 1. The lowest BCUT2D eigenvalue weighted by Gasteiger charge is -2.30. The third-order valence-electron chi connectivity index (χ3n) is 3.80. The lowest BCUT2D eigenvalue weighted by atomic mass is 10.1. The van der Waals surface area contributed by atoms with Crippen LogP contribution in [0.1, 0.15) is 24.8 Å². The Morgan fingerprint density at radius 1 is 1.53 bits per heavy atom. The van der Waals surface area contributed by atoms with Crippen molar-refractivity contribution in [3.8, 4) is 0 Å². The minimum absolute atomic E-state index is 0.0303. The molecule has 3 unspecified atom stereocenters. The molecule has 0 amide bonds. The second-order valence-corrected chi connectivity index (χ2v) is 5.17. The Bertz CT molecular complexity index is 396. The molecule has 1 aromatic heterocycles. The van der Waals surface area contributed by atoms with Gasteiger partial charge in [-0.15, -0.1) is 0 Å². The number of rotatable bonds is 4. The smallest absolute Gasteiger partial charge is 0.158 e. The van der Waals surface area contributed by atoms with Gasteiger partial charge < -0.3 is 20.5 Å². The molecule has 0 aliphatic carbocycles. The molecule has 19 heavy (non-hydrogen) atoms. The predicted molar refractivity (Wildman–Crippen MR) is 72.9 cm³/mol. The van der Waals surface area contributed by atoms with Crippen LogP contribution in [0.3, 0.4) is 0 Å². The number of hydrogen-bond donors (Lipinski definition) is 2. The van der Waals surface area contributed by atoms with Crippen LogP contribution in [0.5, 0.6) is 0 Å². The van der Waals surface area contributed by atoms with Gasteiger partial charge in [0.2, 0.25) is 0 Å². The molecule has 1 aromatic rings. The molecule has 0 spiro atoms. The van der Waals surface area contributed by atoms with Gasteiger partial charge in [-0.25, -0.2) is 4.98 Å². The first-order chi connectivity index (χ1) is 9.36. The molecule has 5 nitrogen and oxygen atoms in total. The summed E-state index contributed by atoms with van der Waals surface area (Å²) >= 11 is 0. The van der Waals surface area contributed by atoms with Gasteiger partial charge in [0.15, 0.2) is 6.29 Å². The molecule has 0 radical (unpaired) electrons. The summed E-state index contributed by atoms with van der Waals surface area (Å²) < 4.78 is 11.6. The summed E-state index contributed by atoms with van der Waals surface area (Å²) in [6, 6.07) is 4.26. The molecular weight excluding hydrogens is 242 g/mol. The van der Waals surface area contributed by atoms with Crippen molar-refractivity contribution in [2.24, 2.45) is 5.73 Å². The molecule has 0 saturated carbocycles. The maximum Gasteiger partial charge on any atom is 0.158 e. The summed E-state index contributed by atoms with van der Waals surface area (Å²) in [4.78, 5) is 4.33. The van der Waals surface area contributed by atoms with Gasteiger partial charge in [0.05, 0.1) is 12.1 Å². The van der Waals surface area contributed by atoms with Crippen LogP contribution in [-0.2, 0) is 15.9 Å². The first kappa shape index (κ1) is 12.8. The zero-order chi connectivity index (χ0) is 13.1. The lowest BCUT2D eigenvalue weighted by molar-refractivity contribution is -0.188. The van der Waals surface area contributed by atoms with Crippen LogP contribution in [0.15, 0.2) is 18.3 Å². The molecule has 3 heterocycles. The van der Waals surface area contributed by atoms with Crippen molar-refractivity contribution >= 4 is 5.82 Å². The van der Waals surface area contributed by atoms with E-state index in [4.69, 9.17) is 15.2 Å². The average Bonchev–Trinajstić information content (AvgIpc) is 2.89. The fourth-order valence-corrected chi connectivity index (χ4v) is 2.75. The van der Waals surface area contributed by atoms with E-state index >= 15 is 0 Å². The molecule has 0 bridgehead atoms. The largest absolute Gasteiger partial charge is 0.364 e. The highest BCUT2D eigenvalue weighted by molar-refractivity contribution is 5.50. The summed E-state index contributed by atoms with van der Waals surface area (Å²) in [5.74, 6) is 0.958. The number of ether oxygens (including phenoxy) is 2. The number of hydrogen-bond acceptors (Lipinski definition) is 5. The van der Waals surface area contributed by atoms with E-state index in [1.807, 2.05) is 6.07 Å². The van der Waals surface area contributed by atoms with Crippen molar-refractivity contribution in [3.63, 3.8) is 0 Å². The van der Waals surface area contributed by atoms with E-state index in [0.29, 0.717) is 6.54 Å². The van der Waals surface area contributed by atoms with E-state index in [9.17, 15) is 0 Å². The second-order valence-electron chi connectivity index (χ2n) is 5.17. The summed E-state index contributed by atoms with van der Waals surface area (Å²) in [5, 5.41) is 3.40. The van der Waals surface area contributed by atoms with Crippen LogP contribution in [0.25, 0.3) is 0 Å². The van der Waals surface area contributed by atoms with E-state index in [0.717, 1.165) is 31.7 Å². The maximum absolute atomic E-state index is 6.02. The Labute approximate surface area is 113 Å². The van der Waals surface area contributed by atoms with Gasteiger partial charge in [-0.05, 0) is 37.3 Å². The van der Waals surface area contributed by atoms with Crippen molar-refractivity contribution in [1.82, 2.24) is 4.98 Å². The molecule has 5 heteroatoms. The number of aromatic nitrogens is 1. The molecule has 3 atom stereocenters. The number of fused-ring (bicyclic) bond motifs is 1. The Kier molecular flexibility index (Phi) is 3.96. The Morgan fingerprint density at radius 2 is 2.47 bits per heavy atom. The van der Waals surface area contributed by atoms with E-state index in [-0.39, 0.29) is 18.4 Å². The van der Waals surface area contributed by atoms with Gasteiger partial charge in [0, 0.05) is 19.3 Å². The fraction of sp³-hybridized carbons (Fsp3) is 0.643. The Hall–Kier alpha value is -1.17. The van der Waals surface area contributed by atoms with E-state index in [1.54, 1.807) is 6.20 Å². The predicted octanol–water partition coefficient (Wildman–Crippen LogP) is 1.29. The first-order valence-electron chi connectivity index (χ1n) is 7.04. The van der Waals surface area contributed by atoms with Crippen molar-refractivity contribution in [2.45, 2.75) is 44.1 Å². The SMILES string of the molecule is NCC(OC1CCCCO1)C1Cc2cccnc2N1. The van der Waals surface area contributed by atoms with E-state index in [1.165, 1.54) is 12.0 Å². The normalized spacial score (nSPS) is 27.6. The van der Waals surface area contributed by atoms with Crippen LogP contribution in [0.4, 0.5) is 5.82 Å². The van der Waals surface area contributed by atoms with Gasteiger partial charge in [0.25, 0.3) is 0 Å². The summed E-state index contributed by atoms with van der Waals surface area (Å²) in [6.07, 6.45) is 5.85. The van der Waals surface area contributed by atoms with Crippen LogP contribution < -0.4 is 11.1 Å². The van der Waals surface area contributed by atoms with Gasteiger partial charge in [-0.2, -0.15) is 0 Å². The third kappa shape index (κ3) is 2.88. The van der Waals surface area contributed by atoms with Crippen LogP contribution >= 0.6 is 0 Å². The molecule has 0 aromatic carbocycles. The molecule has 3 rings (SSSR count). The van der Waals surface area contributed by atoms with Gasteiger partial charge >= 0.3 is 0 Å². The van der Waals surface area contributed by atoms with E-state index in [2.05, 4.69) is 16.4 Å². The maximum atomic E-state index is 6.02. The third-order valence-corrected chi connectivity index (χ3v) is 3.80. The zero-order valence-electron chi connectivity index (χ0n) is 11.0. The fourth-order valence-electron chi connectivity index (χ4n) is 2.75. The van der Waals surface area contributed by atoms with Gasteiger partial charge in [0.1, 0.15) is 5.82 Å². The van der Waals surface area contributed by atoms with E-state index < -0.39 is 0 Å². The zero-order valence-corrected chi connectivity index (χ0v) is 11.0. The van der Waals surface area contributed by atoms with Crippen molar-refractivity contribution in [1.29, 1.82) is 0 Å². The van der Waals surface area contributed by atoms with Gasteiger partial charge in [-0.3, -0.25) is 0 Å². The molecule has 2 aliphatic rings. The van der Waals surface area contributed by atoms with Crippen molar-refractivity contribution in [3.05, 3.63) is 23.9 Å². The van der Waals surface area contributed by atoms with Gasteiger partial charge in [-0.1, -0.05) is 6.07 Å². The minimum Gasteiger partial charge on any atom is -0.364 e. The number of anilines is 1. The summed E-state index contributed by atoms with van der Waals surface area (Å²) in [7, 11) is 0. The number of nitrogens with zero attached hydrogens (tertiary/aromatic N) is 1. The molecule has 3 N–H and O–H groups in total. The lowest BCUT2D eigenvalue weighted by Crippen LogP contribution is -2.43. The number of nitrogens with one attached hydrogen (secondary N) is 1. The monoisotopic (exact) mass is 263 g/mol. The second kappa shape index (κ2) is 5.86. The molecule has 1 fully saturated rings. The standard InChI is InChI=1S/C14H21N3O2/c15-9-12(19-13-5-1-2-7-18-13)11-8-10-4-3-6-16-14(10)17-11/h3-4,6,11-13H,1-2,5,7-9,15H2,(H,16,17). The molecule has 104 valence electrons. The minimum atomic E-state index is -0.0965. The van der Waals surface area contributed by atoms with Crippen LogP contribution in [0, 0.1) is 0 Å². The highest BCUT2D eigenvalue weighted by Gasteiger charge is 2.31. The Balaban J connectivity index is 1.61. The number of nitrogens with two attached hydrogens (primary N) is 1. The van der Waals surface area contributed by atoms with Crippen LogP contribution in [0.2, 0.25) is 0 Å². The molecule has 1 saturated heterocycles. The Morgan fingerprint density at radius 3 is 3.21 bits per heavy atom. The summed E-state index contributed by atoms with van der Waals surface area (Å²) in [6.45, 7) is 1.29. The quantitative estimate of drug-likeness (QED) is 0.856. The molecule has 2 aliphatic heterocycles. The van der Waals surface area contributed by atoms with Crippen LogP contribution in [-0.4, -0.2) is 36.6 Å².